The lowest BCUT2D eigenvalue weighted by molar-refractivity contribution is -0.151. The number of hydrogen-bond acceptors (Lipinski definition) is 6. The van der Waals surface area contributed by atoms with Crippen molar-refractivity contribution in [3.63, 3.8) is 0 Å². The number of β-lactam (4-membered cyclic amide) rings is 1. The molecule has 2 fully saturated rings. The maximum Gasteiger partial charge on any atom is 0.352 e. The molecule has 7 nitrogen and oxygen atoms in total. The number of nitrogens with zero attached hydrogens (tertiary/aromatic N) is 1. The van der Waals surface area contributed by atoms with Gasteiger partial charge in [-0.25, -0.2) is 4.79 Å². The van der Waals surface area contributed by atoms with Gasteiger partial charge < -0.3 is 9.84 Å². The normalized spacial score (nSPS) is 31.9. The number of fused-ring (bicyclic) bond motifs is 1. The highest BCUT2D eigenvalue weighted by Gasteiger charge is 2.66. The Labute approximate surface area is 175 Å². The van der Waals surface area contributed by atoms with Crippen LogP contribution in [0.2, 0.25) is 0 Å². The Morgan fingerprint density at radius 2 is 2.07 bits per heavy atom. The average molecular weight is 443 g/mol. The minimum absolute atomic E-state index is 0.181. The third-order valence-corrected chi connectivity index (χ3v) is 8.11. The van der Waals surface area contributed by atoms with E-state index in [2.05, 4.69) is 5.32 Å². The Kier molecular flexibility index (Phi) is 4.86. The van der Waals surface area contributed by atoms with Gasteiger partial charge in [0.05, 0.1) is 10.6 Å². The molecule has 0 saturated carbocycles. The second-order valence-electron chi connectivity index (χ2n) is 6.74. The van der Waals surface area contributed by atoms with E-state index in [-0.39, 0.29) is 17.9 Å². The molecule has 3 aliphatic heterocycles. The summed E-state index contributed by atoms with van der Waals surface area (Å²) in [6.45, 7) is 0.941. The van der Waals surface area contributed by atoms with E-state index in [1.54, 1.807) is 0 Å². The molecule has 148 valence electrons. The molecule has 1 aromatic rings. The smallest absolute Gasteiger partial charge is 0.352 e. The van der Waals surface area contributed by atoms with E-state index in [1.807, 2.05) is 30.3 Å². The van der Waals surface area contributed by atoms with Crippen LogP contribution < -0.4 is 5.32 Å². The quantitative estimate of drug-likeness (QED) is 0.311. The fraction of sp³-hybridized carbons (Fsp3) is 0.389. The fourth-order valence-corrected chi connectivity index (χ4v) is 6.41. The number of rotatable bonds is 5. The van der Waals surface area contributed by atoms with Gasteiger partial charge in [0.25, 0.3) is 0 Å². The first-order valence-corrected chi connectivity index (χ1v) is 10.2. The second-order valence-corrected chi connectivity index (χ2v) is 9.03. The van der Waals surface area contributed by atoms with E-state index >= 15 is 0 Å². The van der Waals surface area contributed by atoms with Crippen LogP contribution in [0, 0.1) is 0 Å². The summed E-state index contributed by atoms with van der Waals surface area (Å²) in [6.07, 6.45) is 0. The van der Waals surface area contributed by atoms with Crippen LogP contribution in [0.1, 0.15) is 17.9 Å². The van der Waals surface area contributed by atoms with Gasteiger partial charge in [-0.3, -0.25) is 19.8 Å². The molecule has 0 spiro atoms. The first kappa shape index (κ1) is 19.6. The Morgan fingerprint density at radius 1 is 1.39 bits per heavy atom. The van der Waals surface area contributed by atoms with Gasteiger partial charge >= 0.3 is 11.9 Å². The summed E-state index contributed by atoms with van der Waals surface area (Å²) in [5.41, 5.74) is 0.794. The van der Waals surface area contributed by atoms with Crippen molar-refractivity contribution in [2.24, 2.45) is 0 Å². The molecule has 3 heterocycles. The minimum atomic E-state index is -1.35. The molecule has 5 atom stereocenters. The number of thioether (sulfide) groups is 1. The maximum absolute atomic E-state index is 12.6. The summed E-state index contributed by atoms with van der Waals surface area (Å²) in [6, 6.07) is 8.47. The number of ether oxygens (including phenoxy) is 1. The van der Waals surface area contributed by atoms with Crippen LogP contribution in [0.25, 0.3) is 0 Å². The van der Waals surface area contributed by atoms with Crippen molar-refractivity contribution >= 4 is 52.8 Å². The molecular weight excluding hydrogens is 427 g/mol. The molecule has 2 bridgehead atoms. The van der Waals surface area contributed by atoms with E-state index in [9.17, 15) is 19.5 Å². The maximum atomic E-state index is 12.6. The molecule has 10 heteroatoms. The number of amides is 1. The average Bonchev–Trinajstić information content (AvgIpc) is 2.68. The highest BCUT2D eigenvalue weighted by Crippen LogP contribution is 2.57. The molecule has 3 aliphatic rings. The third kappa shape index (κ3) is 2.82. The van der Waals surface area contributed by atoms with Gasteiger partial charge in [-0.1, -0.05) is 41.9 Å². The largest absolute Gasteiger partial charge is 0.477 e. The van der Waals surface area contributed by atoms with E-state index in [4.69, 9.17) is 27.9 Å². The Morgan fingerprint density at radius 3 is 2.68 bits per heavy atom. The summed E-state index contributed by atoms with van der Waals surface area (Å²) in [5.74, 6) is -2.22. The summed E-state index contributed by atoms with van der Waals surface area (Å²) in [5, 5.41) is 11.1. The van der Waals surface area contributed by atoms with Crippen molar-refractivity contribution < 1.29 is 24.2 Å². The van der Waals surface area contributed by atoms with Crippen LogP contribution >= 0.6 is 35.0 Å². The molecule has 0 radical (unpaired) electrons. The van der Waals surface area contributed by atoms with Gasteiger partial charge in [-0.15, -0.1) is 23.4 Å². The molecule has 2 N–H and O–H groups in total. The fourth-order valence-electron chi connectivity index (χ4n) is 3.78. The van der Waals surface area contributed by atoms with Crippen LogP contribution in [0.3, 0.4) is 0 Å². The van der Waals surface area contributed by atoms with Crippen molar-refractivity contribution in [1.82, 2.24) is 10.2 Å². The molecule has 4 rings (SSSR count). The minimum Gasteiger partial charge on any atom is -0.477 e. The zero-order chi connectivity index (χ0) is 20.2. The van der Waals surface area contributed by atoms with E-state index in [0.717, 1.165) is 5.56 Å². The molecule has 1 amide bonds. The number of carbonyl (C=O) groups excluding carboxylic acids is 2. The molecule has 0 aromatic heterocycles. The Bertz CT molecular complexity index is 895. The van der Waals surface area contributed by atoms with Crippen molar-refractivity contribution in [3.05, 3.63) is 47.2 Å². The van der Waals surface area contributed by atoms with Gasteiger partial charge in [-0.05, 0) is 5.56 Å². The standard InChI is InChI=1S/C18H16Cl2N2O5S/c1-8(23)27-7-10-12(17(25)26)22-15(24)11-16(22)28-14(10)18(20,21-11)13(19)9-5-3-2-4-6-9/h2-6,11,13-14,16,21H,7H2,1H3,(H,25,26)/t11-,13?,14?,16-,18?/m0/s1. The SMILES string of the molecule is CC(=O)OCC1=C(C(=O)O)N2C(=O)[C@@H]3NC(Cl)(C(Cl)c4ccccc4)C1S[C@@H]32. The number of esters is 1. The van der Waals surface area contributed by atoms with E-state index in [1.165, 1.54) is 23.6 Å². The summed E-state index contributed by atoms with van der Waals surface area (Å²) >= 11 is 15.1. The lowest BCUT2D eigenvalue weighted by Crippen LogP contribution is -2.79. The zero-order valence-electron chi connectivity index (χ0n) is 14.6. The number of carboxylic acids is 1. The monoisotopic (exact) mass is 442 g/mol. The lowest BCUT2D eigenvalue weighted by Gasteiger charge is -2.60. The lowest BCUT2D eigenvalue weighted by atomic mass is 9.89. The molecule has 0 aliphatic carbocycles. The van der Waals surface area contributed by atoms with Gasteiger partial charge in [-0.2, -0.15) is 0 Å². The van der Waals surface area contributed by atoms with Gasteiger partial charge in [0, 0.05) is 12.5 Å². The van der Waals surface area contributed by atoms with Gasteiger partial charge in [0.1, 0.15) is 28.7 Å². The predicted octanol–water partition coefficient (Wildman–Crippen LogP) is 2.06. The van der Waals surface area contributed by atoms with Crippen LogP contribution in [-0.2, 0) is 19.1 Å². The van der Waals surface area contributed by atoms with E-state index in [0.29, 0.717) is 0 Å². The number of carboxylic acid groups (broad SMARTS) is 1. The van der Waals surface area contributed by atoms with Crippen molar-refractivity contribution in [2.45, 2.75) is 34.0 Å². The molecular formula is C18H16Cl2N2O5S. The van der Waals surface area contributed by atoms with Crippen LogP contribution in [0.15, 0.2) is 41.6 Å². The first-order chi connectivity index (χ1) is 13.3. The van der Waals surface area contributed by atoms with Crippen LogP contribution in [0.5, 0.6) is 0 Å². The highest BCUT2D eigenvalue weighted by molar-refractivity contribution is 8.01. The third-order valence-electron chi connectivity index (χ3n) is 5.03. The van der Waals surface area contributed by atoms with Gasteiger partial charge in [0.2, 0.25) is 5.91 Å². The van der Waals surface area contributed by atoms with Crippen molar-refractivity contribution in [3.8, 4) is 0 Å². The predicted molar refractivity (Wildman–Crippen MR) is 104 cm³/mol. The second kappa shape index (κ2) is 6.95. The Hall–Kier alpha value is -1.74. The van der Waals surface area contributed by atoms with Gasteiger partial charge in [0.15, 0.2) is 0 Å². The first-order valence-electron chi connectivity index (χ1n) is 8.49. The topological polar surface area (TPSA) is 95.9 Å². The number of aliphatic carboxylic acids is 1. The summed E-state index contributed by atoms with van der Waals surface area (Å²) in [4.78, 5) is 35.8. The van der Waals surface area contributed by atoms with E-state index < -0.39 is 44.9 Å². The Balaban J connectivity index is 1.82. The molecule has 1 aromatic carbocycles. The van der Waals surface area contributed by atoms with Crippen LogP contribution in [-0.4, -0.2) is 56.1 Å². The number of nitrogens with one attached hydrogen (secondary N) is 1. The summed E-state index contributed by atoms with van der Waals surface area (Å²) < 4.78 is 5.09. The highest BCUT2D eigenvalue weighted by atomic mass is 35.5. The number of carbonyl (C=O) groups is 3. The van der Waals surface area contributed by atoms with Crippen LogP contribution in [0.4, 0.5) is 0 Å². The summed E-state index contributed by atoms with van der Waals surface area (Å²) in [7, 11) is 0. The molecule has 3 unspecified atom stereocenters. The number of alkyl halides is 2. The molecule has 2 saturated heterocycles. The number of benzene rings is 1. The van der Waals surface area contributed by atoms with Crippen molar-refractivity contribution in [1.29, 1.82) is 0 Å². The molecule has 28 heavy (non-hydrogen) atoms. The number of hydrogen-bond donors (Lipinski definition) is 2. The van der Waals surface area contributed by atoms with Crippen molar-refractivity contribution in [2.75, 3.05) is 6.61 Å². The number of halogens is 2. The zero-order valence-corrected chi connectivity index (χ0v) is 16.9.